The Labute approximate surface area is 103 Å². The van der Waals surface area contributed by atoms with E-state index in [1.54, 1.807) is 30.3 Å². The lowest BCUT2D eigenvalue weighted by Gasteiger charge is -2.05. The third-order valence-electron chi connectivity index (χ3n) is 2.30. The van der Waals surface area contributed by atoms with Gasteiger partial charge in [-0.1, -0.05) is 40.6 Å². The first-order valence-electron chi connectivity index (χ1n) is 5.13. The molecule has 1 aromatic heterocycles. The first-order chi connectivity index (χ1) is 8.86. The summed E-state index contributed by atoms with van der Waals surface area (Å²) in [6.07, 6.45) is 2.83. The van der Waals surface area contributed by atoms with Crippen LogP contribution in [0.2, 0.25) is 0 Å². The van der Waals surface area contributed by atoms with Gasteiger partial charge in [-0.15, -0.1) is 0 Å². The second-order valence-corrected chi connectivity index (χ2v) is 3.36. The summed E-state index contributed by atoms with van der Waals surface area (Å²) in [7, 11) is 0. The number of rotatable bonds is 3. The summed E-state index contributed by atoms with van der Waals surface area (Å²) in [5.41, 5.74) is 1.19. The van der Waals surface area contributed by atoms with Crippen molar-refractivity contribution in [3.63, 3.8) is 0 Å². The van der Waals surface area contributed by atoms with Gasteiger partial charge in [0.05, 0.1) is 5.69 Å². The highest BCUT2D eigenvalue weighted by molar-refractivity contribution is 6.52. The molecule has 0 amide bonds. The van der Waals surface area contributed by atoms with Crippen molar-refractivity contribution in [2.45, 2.75) is 0 Å². The minimum absolute atomic E-state index is 0.0751. The Morgan fingerprint density at radius 3 is 2.22 bits per heavy atom. The average molecular weight is 242 g/mol. The van der Waals surface area contributed by atoms with E-state index >= 15 is 0 Å². The fourth-order valence-corrected chi connectivity index (χ4v) is 1.49. The molecule has 0 radical (unpaired) electrons. The minimum Gasteiger partial charge on any atom is -0.410 e. The first-order valence-corrected chi connectivity index (χ1v) is 5.13. The van der Waals surface area contributed by atoms with Crippen LogP contribution in [0.5, 0.6) is 0 Å². The molecule has 0 aliphatic rings. The normalized spacial score (nSPS) is 12.4. The smallest absolute Gasteiger partial charge is 0.157 e. The van der Waals surface area contributed by atoms with Gasteiger partial charge < -0.3 is 10.4 Å². The highest BCUT2D eigenvalue weighted by Gasteiger charge is 2.16. The molecular formula is C12H10N4O2. The molecule has 0 spiro atoms. The summed E-state index contributed by atoms with van der Waals surface area (Å²) < 4.78 is 0. The number of hydrogen-bond donors (Lipinski definition) is 2. The maximum atomic E-state index is 9.09. The second-order valence-electron chi connectivity index (χ2n) is 3.36. The number of oxime groups is 2. The van der Waals surface area contributed by atoms with Gasteiger partial charge >= 0.3 is 0 Å². The molecule has 2 aromatic rings. The monoisotopic (exact) mass is 242 g/mol. The third kappa shape index (κ3) is 2.32. The molecular weight excluding hydrogens is 232 g/mol. The van der Waals surface area contributed by atoms with Crippen LogP contribution < -0.4 is 0 Å². The van der Waals surface area contributed by atoms with Crippen molar-refractivity contribution in [1.82, 2.24) is 9.97 Å². The summed E-state index contributed by atoms with van der Waals surface area (Å²) in [5, 5.41) is 24.5. The number of hydrogen-bond acceptors (Lipinski definition) is 6. The van der Waals surface area contributed by atoms with Crippen LogP contribution in [0.4, 0.5) is 0 Å². The maximum Gasteiger partial charge on any atom is 0.157 e. The van der Waals surface area contributed by atoms with Gasteiger partial charge in [-0.25, -0.2) is 9.97 Å². The quantitative estimate of drug-likeness (QED) is 0.485. The molecule has 0 saturated heterocycles. The van der Waals surface area contributed by atoms with Crippen molar-refractivity contribution in [3.05, 3.63) is 60.2 Å². The molecule has 6 heteroatoms. The lowest BCUT2D eigenvalue weighted by Crippen LogP contribution is -2.18. The van der Waals surface area contributed by atoms with Crippen LogP contribution in [-0.4, -0.2) is 31.8 Å². The van der Waals surface area contributed by atoms with E-state index in [1.165, 1.54) is 12.5 Å². The first kappa shape index (κ1) is 11.7. The van der Waals surface area contributed by atoms with E-state index in [2.05, 4.69) is 20.3 Å². The van der Waals surface area contributed by atoms with Crippen molar-refractivity contribution < 1.29 is 10.4 Å². The Morgan fingerprint density at radius 1 is 0.944 bits per heavy atom. The summed E-state index contributed by atoms with van der Waals surface area (Å²) in [6, 6.07) is 10.4. The van der Waals surface area contributed by atoms with Crippen molar-refractivity contribution >= 4 is 11.4 Å². The van der Waals surface area contributed by atoms with Gasteiger partial charge in [0.2, 0.25) is 0 Å². The lowest BCUT2D eigenvalue weighted by atomic mass is 10.0. The lowest BCUT2D eigenvalue weighted by molar-refractivity contribution is 0.314. The number of benzene rings is 1. The molecule has 0 atom stereocenters. The Hall–Kier alpha value is -2.76. The summed E-state index contributed by atoms with van der Waals surface area (Å²) in [5.74, 6) is 0. The summed E-state index contributed by atoms with van der Waals surface area (Å²) >= 11 is 0. The number of aromatic nitrogens is 2. The molecule has 6 nitrogen and oxygen atoms in total. The fraction of sp³-hybridized carbons (Fsp3) is 0. The van der Waals surface area contributed by atoms with Gasteiger partial charge in [0.15, 0.2) is 5.71 Å². The number of nitrogens with zero attached hydrogens (tertiary/aromatic N) is 4. The van der Waals surface area contributed by atoms with Crippen molar-refractivity contribution in [1.29, 1.82) is 0 Å². The minimum atomic E-state index is 0.0751. The maximum absolute atomic E-state index is 9.09. The van der Waals surface area contributed by atoms with E-state index in [-0.39, 0.29) is 11.4 Å². The van der Waals surface area contributed by atoms with E-state index in [0.717, 1.165) is 0 Å². The third-order valence-corrected chi connectivity index (χ3v) is 2.30. The van der Waals surface area contributed by atoms with E-state index < -0.39 is 0 Å². The average Bonchev–Trinajstić information content (AvgIpc) is 2.46. The van der Waals surface area contributed by atoms with E-state index in [4.69, 9.17) is 10.4 Å². The van der Waals surface area contributed by atoms with Gasteiger partial charge in [0.25, 0.3) is 0 Å². The molecule has 0 fully saturated rings. The molecule has 1 heterocycles. The van der Waals surface area contributed by atoms with Crippen molar-refractivity contribution in [2.75, 3.05) is 0 Å². The Bertz CT molecular complexity index is 514. The van der Waals surface area contributed by atoms with Crippen molar-refractivity contribution in [2.24, 2.45) is 10.3 Å². The molecule has 18 heavy (non-hydrogen) atoms. The van der Waals surface area contributed by atoms with Crippen LogP contribution in [0.25, 0.3) is 0 Å². The van der Waals surface area contributed by atoms with E-state index in [1.807, 2.05) is 6.07 Å². The van der Waals surface area contributed by atoms with Crippen LogP contribution in [0.15, 0.2) is 59.2 Å². The Morgan fingerprint density at radius 2 is 1.67 bits per heavy atom. The molecule has 0 aliphatic heterocycles. The Kier molecular flexibility index (Phi) is 3.60. The van der Waals surface area contributed by atoms with Crippen LogP contribution in [0.1, 0.15) is 11.3 Å². The summed E-state index contributed by atoms with van der Waals surface area (Å²) in [6.45, 7) is 0. The SMILES string of the molecule is O/N=C(\C(=N\O)c1ccccc1)c1ccncn1. The molecule has 0 bridgehead atoms. The zero-order valence-corrected chi connectivity index (χ0v) is 9.30. The molecule has 0 saturated carbocycles. The van der Waals surface area contributed by atoms with Crippen LogP contribution in [-0.2, 0) is 0 Å². The van der Waals surface area contributed by atoms with E-state index in [0.29, 0.717) is 11.3 Å². The molecule has 2 rings (SSSR count). The highest BCUT2D eigenvalue weighted by atomic mass is 16.4. The largest absolute Gasteiger partial charge is 0.410 e. The predicted octanol–water partition coefficient (Wildman–Crippen LogP) is 1.53. The van der Waals surface area contributed by atoms with Crippen molar-refractivity contribution in [3.8, 4) is 0 Å². The predicted molar refractivity (Wildman–Crippen MR) is 65.1 cm³/mol. The molecule has 2 N–H and O–H groups in total. The standard InChI is InChI=1S/C12H10N4O2/c17-15-11(9-4-2-1-3-5-9)12(16-18)10-6-7-13-8-14-10/h1-8,17-18H/b15-11+,16-12-. The highest BCUT2D eigenvalue weighted by Crippen LogP contribution is 2.07. The zero-order chi connectivity index (χ0) is 12.8. The second kappa shape index (κ2) is 5.53. The van der Waals surface area contributed by atoms with Crippen LogP contribution >= 0.6 is 0 Å². The van der Waals surface area contributed by atoms with E-state index in [9.17, 15) is 0 Å². The Balaban J connectivity index is 2.45. The summed E-state index contributed by atoms with van der Waals surface area (Å²) in [4.78, 5) is 7.72. The molecule has 1 aromatic carbocycles. The molecule has 0 aliphatic carbocycles. The molecule has 90 valence electrons. The van der Waals surface area contributed by atoms with Gasteiger partial charge in [0.1, 0.15) is 12.0 Å². The fourth-order valence-electron chi connectivity index (χ4n) is 1.49. The van der Waals surface area contributed by atoms with Gasteiger partial charge in [-0.2, -0.15) is 0 Å². The van der Waals surface area contributed by atoms with Gasteiger partial charge in [0, 0.05) is 11.8 Å². The van der Waals surface area contributed by atoms with Crippen LogP contribution in [0.3, 0.4) is 0 Å². The van der Waals surface area contributed by atoms with Gasteiger partial charge in [-0.05, 0) is 6.07 Å². The zero-order valence-electron chi connectivity index (χ0n) is 9.30. The van der Waals surface area contributed by atoms with Crippen LogP contribution in [0, 0.1) is 0 Å². The molecule has 0 unspecified atom stereocenters. The van der Waals surface area contributed by atoms with Gasteiger partial charge in [-0.3, -0.25) is 0 Å². The topological polar surface area (TPSA) is 91.0 Å².